The van der Waals surface area contributed by atoms with E-state index in [1.54, 1.807) is 0 Å². The van der Waals surface area contributed by atoms with Gasteiger partial charge in [0.25, 0.3) is 0 Å². The first-order valence-electron chi connectivity index (χ1n) is 11.9. The van der Waals surface area contributed by atoms with Crippen LogP contribution in [0.2, 0.25) is 0 Å². The van der Waals surface area contributed by atoms with E-state index >= 15 is 0 Å². The van der Waals surface area contributed by atoms with Gasteiger partial charge in [0.15, 0.2) is 0 Å². The number of nitrogens with zero attached hydrogens (tertiary/aromatic N) is 2. The summed E-state index contributed by atoms with van der Waals surface area (Å²) in [5.41, 5.74) is 5.61. The molecule has 0 saturated carbocycles. The molecule has 2 heterocycles. The third kappa shape index (κ3) is 4.68. The van der Waals surface area contributed by atoms with Gasteiger partial charge in [-0.15, -0.1) is 0 Å². The molecule has 2 aromatic rings. The molecule has 5 nitrogen and oxygen atoms in total. The molecule has 1 aliphatic carbocycles. The molecule has 1 fully saturated rings. The Bertz CT molecular complexity index is 975. The zero-order valence-corrected chi connectivity index (χ0v) is 20.2. The summed E-state index contributed by atoms with van der Waals surface area (Å²) in [6.45, 7) is 11.6. The summed E-state index contributed by atoms with van der Waals surface area (Å²) in [7, 11) is 1.43. The van der Waals surface area contributed by atoms with Crippen LogP contribution in [0.1, 0.15) is 64.5 Å². The molecule has 1 aromatic heterocycles. The number of hydrogen-bond acceptors (Lipinski definition) is 5. The second kappa shape index (κ2) is 8.86. The van der Waals surface area contributed by atoms with Gasteiger partial charge >= 0.3 is 5.97 Å². The zero-order valence-electron chi connectivity index (χ0n) is 20.2. The first-order chi connectivity index (χ1) is 15.2. The first kappa shape index (κ1) is 22.8. The van der Waals surface area contributed by atoms with Crippen molar-refractivity contribution < 1.29 is 9.53 Å². The van der Waals surface area contributed by atoms with E-state index in [0.717, 1.165) is 37.4 Å². The van der Waals surface area contributed by atoms with Gasteiger partial charge in [-0.05, 0) is 65.8 Å². The zero-order chi connectivity index (χ0) is 22.9. The van der Waals surface area contributed by atoms with E-state index in [2.05, 4.69) is 74.3 Å². The lowest BCUT2D eigenvalue weighted by atomic mass is 9.63. The first-order valence-corrected chi connectivity index (χ1v) is 11.9. The number of aromatic nitrogens is 1. The van der Waals surface area contributed by atoms with Crippen molar-refractivity contribution >= 4 is 11.8 Å². The molecule has 5 heteroatoms. The van der Waals surface area contributed by atoms with E-state index in [0.29, 0.717) is 6.04 Å². The minimum Gasteiger partial charge on any atom is -0.468 e. The summed E-state index contributed by atoms with van der Waals surface area (Å²) < 4.78 is 4.72. The number of benzene rings is 1. The Morgan fingerprint density at radius 2 is 1.75 bits per heavy atom. The molecule has 0 unspecified atom stereocenters. The van der Waals surface area contributed by atoms with E-state index in [-0.39, 0.29) is 23.3 Å². The summed E-state index contributed by atoms with van der Waals surface area (Å²) in [5, 5.41) is 3.30. The molecular formula is C27H37N3O2. The summed E-state index contributed by atoms with van der Waals surface area (Å²) in [4.78, 5) is 18.8. The Labute approximate surface area is 192 Å². The molecule has 1 aliphatic heterocycles. The van der Waals surface area contributed by atoms with Gasteiger partial charge in [0.05, 0.1) is 19.3 Å². The van der Waals surface area contributed by atoms with Gasteiger partial charge in [-0.25, -0.2) is 4.98 Å². The Hall–Kier alpha value is -2.40. The molecule has 0 radical (unpaired) electrons. The van der Waals surface area contributed by atoms with E-state index in [9.17, 15) is 4.79 Å². The van der Waals surface area contributed by atoms with Gasteiger partial charge in [0.2, 0.25) is 0 Å². The summed E-state index contributed by atoms with van der Waals surface area (Å²) in [6, 6.07) is 13.7. The molecular weight excluding hydrogens is 398 g/mol. The topological polar surface area (TPSA) is 54.5 Å². The number of rotatable bonds is 5. The maximum atomic E-state index is 11.4. The summed E-state index contributed by atoms with van der Waals surface area (Å²) in [5.74, 6) is 0.824. The molecule has 4 rings (SSSR count). The monoisotopic (exact) mass is 435 g/mol. The maximum Gasteiger partial charge on any atom is 0.319 e. The lowest BCUT2D eigenvalue weighted by molar-refractivity contribution is -0.139. The number of nitrogens with one attached hydrogen (secondary N) is 1. The highest BCUT2D eigenvalue weighted by Crippen LogP contribution is 2.46. The largest absolute Gasteiger partial charge is 0.468 e. The van der Waals surface area contributed by atoms with Gasteiger partial charge < -0.3 is 15.0 Å². The van der Waals surface area contributed by atoms with Gasteiger partial charge in [0, 0.05) is 24.7 Å². The van der Waals surface area contributed by atoms with Crippen LogP contribution in [0.5, 0.6) is 0 Å². The van der Waals surface area contributed by atoms with Gasteiger partial charge in [-0.3, -0.25) is 4.79 Å². The second-order valence-electron chi connectivity index (χ2n) is 10.6. The SMILES string of the molecule is COC(=O)CNC1CCN(c2cccc(-c3ccc4c(c3)C(C)(C)CCC4(C)C)n2)CC1. The predicted octanol–water partition coefficient (Wildman–Crippen LogP) is 4.83. The number of carbonyl (C=O) groups excluding carboxylic acids is 1. The normalized spacial score (nSPS) is 20.0. The van der Waals surface area contributed by atoms with Crippen LogP contribution >= 0.6 is 0 Å². The number of pyridine rings is 1. The van der Waals surface area contributed by atoms with Crippen molar-refractivity contribution in [2.24, 2.45) is 0 Å². The van der Waals surface area contributed by atoms with Crippen LogP contribution in [-0.2, 0) is 20.4 Å². The molecule has 0 bridgehead atoms. The van der Waals surface area contributed by atoms with Crippen LogP contribution in [0.4, 0.5) is 5.82 Å². The minimum atomic E-state index is -0.210. The fourth-order valence-electron chi connectivity index (χ4n) is 5.12. The Balaban J connectivity index is 1.50. The standard InChI is InChI=1S/C27H37N3O2/c1-26(2)13-14-27(3,4)22-17-19(9-10-21(22)26)23-7-6-8-24(29-23)30-15-11-20(12-16-30)28-18-25(31)32-5/h6-10,17,20,28H,11-16,18H2,1-5H3. The number of esters is 1. The number of fused-ring (bicyclic) bond motifs is 1. The van der Waals surface area contributed by atoms with Crippen molar-refractivity contribution in [1.82, 2.24) is 10.3 Å². The van der Waals surface area contributed by atoms with Crippen LogP contribution < -0.4 is 10.2 Å². The lowest BCUT2D eigenvalue weighted by Gasteiger charge is -2.42. The molecule has 32 heavy (non-hydrogen) atoms. The van der Waals surface area contributed by atoms with Crippen molar-refractivity contribution in [3.63, 3.8) is 0 Å². The fraction of sp³-hybridized carbons (Fsp3) is 0.556. The number of methoxy groups -OCH3 is 1. The smallest absolute Gasteiger partial charge is 0.319 e. The van der Waals surface area contributed by atoms with Crippen molar-refractivity contribution in [2.75, 3.05) is 31.6 Å². The van der Waals surface area contributed by atoms with Crippen LogP contribution in [0.25, 0.3) is 11.3 Å². The van der Waals surface area contributed by atoms with Crippen LogP contribution in [-0.4, -0.2) is 43.7 Å². The van der Waals surface area contributed by atoms with Gasteiger partial charge in [-0.1, -0.05) is 45.9 Å². The Morgan fingerprint density at radius 3 is 2.44 bits per heavy atom. The van der Waals surface area contributed by atoms with Crippen LogP contribution in [0.15, 0.2) is 36.4 Å². The molecule has 1 N–H and O–H groups in total. The van der Waals surface area contributed by atoms with E-state index in [1.807, 2.05) is 0 Å². The Kier molecular flexibility index (Phi) is 6.30. The Morgan fingerprint density at radius 1 is 1.06 bits per heavy atom. The number of hydrogen-bond donors (Lipinski definition) is 1. The van der Waals surface area contributed by atoms with Crippen LogP contribution in [0, 0.1) is 0 Å². The van der Waals surface area contributed by atoms with Crippen molar-refractivity contribution in [1.29, 1.82) is 0 Å². The lowest BCUT2D eigenvalue weighted by Crippen LogP contribution is -2.44. The number of piperidine rings is 1. The molecule has 172 valence electrons. The molecule has 1 saturated heterocycles. The van der Waals surface area contributed by atoms with Crippen molar-refractivity contribution in [2.45, 2.75) is 70.3 Å². The number of ether oxygens (including phenoxy) is 1. The quantitative estimate of drug-likeness (QED) is 0.682. The minimum absolute atomic E-state index is 0.192. The third-order valence-corrected chi connectivity index (χ3v) is 7.46. The molecule has 0 spiro atoms. The maximum absolute atomic E-state index is 11.4. The molecule has 1 aromatic carbocycles. The second-order valence-corrected chi connectivity index (χ2v) is 10.6. The van der Waals surface area contributed by atoms with E-state index < -0.39 is 0 Å². The number of carbonyl (C=O) groups is 1. The average Bonchev–Trinajstić information content (AvgIpc) is 2.81. The molecule has 0 atom stereocenters. The average molecular weight is 436 g/mol. The highest BCUT2D eigenvalue weighted by Gasteiger charge is 2.37. The number of anilines is 1. The van der Waals surface area contributed by atoms with Crippen molar-refractivity contribution in [3.8, 4) is 11.3 Å². The van der Waals surface area contributed by atoms with E-state index in [1.165, 1.54) is 36.6 Å². The fourth-order valence-corrected chi connectivity index (χ4v) is 5.12. The highest BCUT2D eigenvalue weighted by atomic mass is 16.5. The van der Waals surface area contributed by atoms with Gasteiger partial charge in [0.1, 0.15) is 5.82 Å². The molecule has 2 aliphatic rings. The summed E-state index contributed by atoms with van der Waals surface area (Å²) >= 11 is 0. The van der Waals surface area contributed by atoms with Gasteiger partial charge in [-0.2, -0.15) is 0 Å². The third-order valence-electron chi connectivity index (χ3n) is 7.46. The molecule has 0 amide bonds. The van der Waals surface area contributed by atoms with Crippen LogP contribution in [0.3, 0.4) is 0 Å². The van der Waals surface area contributed by atoms with Crippen molar-refractivity contribution in [3.05, 3.63) is 47.5 Å². The van der Waals surface area contributed by atoms with E-state index in [4.69, 9.17) is 9.72 Å². The predicted molar refractivity (Wildman–Crippen MR) is 130 cm³/mol. The highest BCUT2D eigenvalue weighted by molar-refractivity contribution is 5.71. The summed E-state index contributed by atoms with van der Waals surface area (Å²) in [6.07, 6.45) is 4.42.